The highest BCUT2D eigenvalue weighted by atomic mass is 16.8. The highest BCUT2D eigenvalue weighted by Gasteiger charge is 2.65. The second-order valence-electron chi connectivity index (χ2n) is 18.8. The van der Waals surface area contributed by atoms with E-state index >= 15 is 4.79 Å². The lowest BCUT2D eigenvalue weighted by atomic mass is 9.55. The van der Waals surface area contributed by atoms with Crippen molar-refractivity contribution in [1.29, 1.82) is 0 Å². The van der Waals surface area contributed by atoms with Gasteiger partial charge < -0.3 is 48.4 Å². The Morgan fingerprint density at radius 2 is 1.71 bits per heavy atom. The number of aldehydes is 1. The van der Waals surface area contributed by atoms with Crippen molar-refractivity contribution in [2.45, 2.75) is 94.8 Å². The second-order valence-corrected chi connectivity index (χ2v) is 18.8. The molecule has 3 aliphatic heterocycles. The molecule has 7 atom stereocenters. The van der Waals surface area contributed by atoms with Crippen LogP contribution in [0.15, 0.2) is 120 Å². The number of nitro benzene ring substituents is 1. The summed E-state index contributed by atoms with van der Waals surface area (Å²) in [6, 6.07) is 23.3. The largest absolute Gasteiger partial charge is 0.459 e. The van der Waals surface area contributed by atoms with Crippen LogP contribution in [0.4, 0.5) is 5.69 Å². The first kappa shape index (κ1) is 50.1. The van der Waals surface area contributed by atoms with Gasteiger partial charge in [0.15, 0.2) is 11.5 Å². The van der Waals surface area contributed by atoms with Crippen LogP contribution in [0.3, 0.4) is 0 Å². The molecule has 378 valence electrons. The van der Waals surface area contributed by atoms with Gasteiger partial charge in [-0.1, -0.05) is 48.3 Å². The summed E-state index contributed by atoms with van der Waals surface area (Å²) < 4.78 is 38.7. The normalized spacial score (nSPS) is 24.4. The Morgan fingerprint density at radius 3 is 2.47 bits per heavy atom. The number of unbranched alkanes of at least 4 members (excludes halogenated alkanes) is 2. The molecular formula is C56H61N3O13. The number of aliphatic hydroxyl groups excluding tert-OH is 2. The van der Waals surface area contributed by atoms with Gasteiger partial charge in [0.1, 0.15) is 29.6 Å². The molecule has 72 heavy (non-hydrogen) atoms. The molecule has 4 aromatic rings. The van der Waals surface area contributed by atoms with Crippen molar-refractivity contribution in [1.82, 2.24) is 4.90 Å². The number of oxime groups is 1. The van der Waals surface area contributed by atoms with E-state index in [1.165, 1.54) is 18.2 Å². The van der Waals surface area contributed by atoms with Crippen molar-refractivity contribution < 1.29 is 58.0 Å². The standard InChI is InChI=1S/C56H61N3O13/c1-2-27-69-56-51(58(34-38-17-22-49-50(30-38)68-36-67-49)52(63)24-18-37-15-19-41(20-16-37)59(64)65)33-47(57-72-53-14-5-8-28-66-53)45-31-40(11-3-6-25-60)44(13-4-7-26-61)54(55(45)56)46-32-43(21-23-48(46)71-56)70-42-12-9-10-39(29-42)35-62/h2,9-10,12,15-24,29-32,35,40,44,51,53-55,60-61H,1,3-8,11,13-14,25-28,33-34,36H2. The monoisotopic (exact) mass is 983 g/mol. The van der Waals surface area contributed by atoms with E-state index in [1.54, 1.807) is 53.5 Å². The molecule has 7 unspecified atom stereocenters. The molecule has 1 saturated heterocycles. The van der Waals surface area contributed by atoms with Crippen molar-refractivity contribution in [2.75, 3.05) is 33.2 Å². The van der Waals surface area contributed by atoms with Gasteiger partial charge in [0.2, 0.25) is 24.8 Å². The molecule has 16 nitrogen and oxygen atoms in total. The molecular weight excluding hydrogens is 923 g/mol. The summed E-state index contributed by atoms with van der Waals surface area (Å²) >= 11 is 0. The highest BCUT2D eigenvalue weighted by molar-refractivity contribution is 6.03. The lowest BCUT2D eigenvalue weighted by molar-refractivity contribution is -0.384. The number of carbonyl (C=O) groups is 2. The molecule has 1 saturated carbocycles. The van der Waals surface area contributed by atoms with Crippen molar-refractivity contribution >= 4 is 29.7 Å². The van der Waals surface area contributed by atoms with Gasteiger partial charge in [0.05, 0.1) is 29.8 Å². The maximum atomic E-state index is 15.4. The van der Waals surface area contributed by atoms with E-state index in [0.717, 1.165) is 61.5 Å². The molecule has 0 aromatic heterocycles. The molecule has 2 aliphatic carbocycles. The third-order valence-electron chi connectivity index (χ3n) is 14.3. The average molecular weight is 984 g/mol. The molecule has 3 heterocycles. The van der Waals surface area contributed by atoms with Crippen molar-refractivity contribution in [3.05, 3.63) is 148 Å². The van der Waals surface area contributed by atoms with Crippen molar-refractivity contribution in [3.63, 3.8) is 0 Å². The Morgan fingerprint density at radius 1 is 0.917 bits per heavy atom. The predicted octanol–water partition coefficient (Wildman–Crippen LogP) is 9.83. The third-order valence-corrected chi connectivity index (χ3v) is 14.3. The average Bonchev–Trinajstić information content (AvgIpc) is 3.88. The van der Waals surface area contributed by atoms with Crippen LogP contribution in [0, 0.1) is 27.9 Å². The van der Waals surface area contributed by atoms with Gasteiger partial charge in [-0.05, 0) is 128 Å². The van der Waals surface area contributed by atoms with Gasteiger partial charge in [-0.15, -0.1) is 6.58 Å². The summed E-state index contributed by atoms with van der Waals surface area (Å²) in [7, 11) is 0. The Kier molecular flexibility index (Phi) is 16.1. The minimum Gasteiger partial charge on any atom is -0.459 e. The van der Waals surface area contributed by atoms with Gasteiger partial charge in [-0.25, -0.2) is 0 Å². The van der Waals surface area contributed by atoms with Gasteiger partial charge >= 0.3 is 0 Å². The third kappa shape index (κ3) is 11.0. The number of carbonyl (C=O) groups excluding carboxylic acids is 2. The minimum absolute atomic E-state index is 0.0212. The Bertz CT molecular complexity index is 2680. The van der Waals surface area contributed by atoms with Crippen LogP contribution in [-0.4, -0.2) is 89.3 Å². The number of non-ortho nitro benzene ring substituents is 1. The SMILES string of the molecule is C=CCOC12Oc3ccc(Oc4cccc(C=O)c4)cc3C3C(CCCCO)C(CCCCO)C=C(C(=NOC4CCCCO4)CC1N(Cc1ccc4c(c1)OCO4)C(=O)C=Cc1ccc([N+](=O)[O-])cc1)C32. The summed E-state index contributed by atoms with van der Waals surface area (Å²) in [6.07, 6.45) is 14.0. The van der Waals surface area contributed by atoms with Gasteiger partial charge in [0, 0.05) is 67.9 Å². The second kappa shape index (κ2) is 23.1. The fourth-order valence-corrected chi connectivity index (χ4v) is 11.0. The molecule has 0 spiro atoms. The number of ether oxygens (including phenoxy) is 6. The number of rotatable bonds is 22. The zero-order valence-electron chi connectivity index (χ0n) is 40.2. The van der Waals surface area contributed by atoms with Crippen LogP contribution in [0.5, 0.6) is 28.7 Å². The number of benzene rings is 4. The Balaban J connectivity index is 1.24. The summed E-state index contributed by atoms with van der Waals surface area (Å²) in [4.78, 5) is 46.3. The predicted molar refractivity (Wildman–Crippen MR) is 267 cm³/mol. The highest BCUT2D eigenvalue weighted by Crippen LogP contribution is 2.62. The zero-order valence-corrected chi connectivity index (χ0v) is 40.2. The van der Waals surface area contributed by atoms with Crippen LogP contribution >= 0.6 is 0 Å². The number of hydrogen-bond acceptors (Lipinski definition) is 14. The lowest BCUT2D eigenvalue weighted by Gasteiger charge is -2.60. The molecule has 9 rings (SSSR count). The minimum atomic E-state index is -1.59. The topological polar surface area (TPSA) is 198 Å². The number of amides is 1. The molecule has 16 heteroatoms. The van der Waals surface area contributed by atoms with E-state index in [4.69, 9.17) is 38.4 Å². The molecule has 5 aliphatic rings. The quantitative estimate of drug-likeness (QED) is 0.0189. The smallest absolute Gasteiger partial charge is 0.269 e. The van der Waals surface area contributed by atoms with Crippen LogP contribution < -0.4 is 18.9 Å². The summed E-state index contributed by atoms with van der Waals surface area (Å²) in [5, 5.41) is 36.6. The van der Waals surface area contributed by atoms with Crippen LogP contribution in [0.2, 0.25) is 0 Å². The van der Waals surface area contributed by atoms with Crippen molar-refractivity contribution in [3.8, 4) is 28.7 Å². The van der Waals surface area contributed by atoms with E-state index < -0.39 is 34.9 Å². The van der Waals surface area contributed by atoms with E-state index in [-0.39, 0.29) is 63.0 Å². The van der Waals surface area contributed by atoms with E-state index in [1.807, 2.05) is 36.4 Å². The number of nitrogens with zero attached hydrogens (tertiary/aromatic N) is 3. The van der Waals surface area contributed by atoms with E-state index in [2.05, 4.69) is 12.7 Å². The summed E-state index contributed by atoms with van der Waals surface area (Å²) in [5.41, 5.74) is 4.04. The van der Waals surface area contributed by atoms with Gasteiger partial charge in [0.25, 0.3) is 5.69 Å². The maximum absolute atomic E-state index is 15.4. The van der Waals surface area contributed by atoms with Crippen LogP contribution in [0.1, 0.15) is 97.2 Å². The zero-order chi connectivity index (χ0) is 50.0. The van der Waals surface area contributed by atoms with Crippen LogP contribution in [0.25, 0.3) is 6.08 Å². The fraction of sp³-hybridized carbons (Fsp3) is 0.411. The molecule has 0 bridgehead atoms. The fourth-order valence-electron chi connectivity index (χ4n) is 11.0. The summed E-state index contributed by atoms with van der Waals surface area (Å²) in [5.74, 6) is -0.363. The number of allylic oxidation sites excluding steroid dienone is 1. The number of hydrogen-bond donors (Lipinski definition) is 2. The summed E-state index contributed by atoms with van der Waals surface area (Å²) in [6.45, 7) is 4.87. The molecule has 2 fully saturated rings. The number of aliphatic hydroxyl groups is 2. The Labute approximate surface area is 418 Å². The molecule has 0 radical (unpaired) electrons. The first-order valence-corrected chi connectivity index (χ1v) is 24.9. The first-order chi connectivity index (χ1) is 35.2. The van der Waals surface area contributed by atoms with Crippen molar-refractivity contribution in [2.24, 2.45) is 22.9 Å². The molecule has 1 amide bonds. The van der Waals surface area contributed by atoms with Gasteiger partial charge in [-0.3, -0.25) is 19.7 Å². The van der Waals surface area contributed by atoms with E-state index in [0.29, 0.717) is 71.5 Å². The molecule has 2 N–H and O–H groups in total. The van der Waals surface area contributed by atoms with E-state index in [9.17, 15) is 25.1 Å². The van der Waals surface area contributed by atoms with Crippen LogP contribution in [-0.2, 0) is 25.7 Å². The number of fused-ring (bicyclic) bond motifs is 3. The Hall–Kier alpha value is -6.85. The first-order valence-electron chi connectivity index (χ1n) is 24.9. The molecule has 4 aromatic carbocycles. The lowest BCUT2D eigenvalue weighted by Crippen LogP contribution is -2.70. The number of nitro groups is 1. The maximum Gasteiger partial charge on any atom is 0.269 e. The van der Waals surface area contributed by atoms with Gasteiger partial charge in [-0.2, -0.15) is 0 Å².